The van der Waals surface area contributed by atoms with Crippen molar-refractivity contribution in [1.82, 2.24) is 15.1 Å². The summed E-state index contributed by atoms with van der Waals surface area (Å²) in [4.78, 5) is 17.6. The van der Waals surface area contributed by atoms with Crippen LogP contribution in [0.4, 0.5) is 0 Å². The van der Waals surface area contributed by atoms with Crippen LogP contribution in [-0.4, -0.2) is 53.1 Å². The first-order chi connectivity index (χ1) is 9.66. The lowest BCUT2D eigenvalue weighted by molar-refractivity contribution is -0.135. The van der Waals surface area contributed by atoms with Crippen LogP contribution in [0.1, 0.15) is 58.8 Å². The lowest BCUT2D eigenvalue weighted by Crippen LogP contribution is -2.48. The van der Waals surface area contributed by atoms with Crippen molar-refractivity contribution in [2.45, 2.75) is 76.5 Å². The number of hydrogen-bond acceptors (Lipinski definition) is 3. The molecular weight excluding hydrogens is 250 g/mol. The number of carbonyl (C=O) groups is 1. The Labute approximate surface area is 122 Å². The summed E-state index contributed by atoms with van der Waals surface area (Å²) >= 11 is 0. The van der Waals surface area contributed by atoms with E-state index in [2.05, 4.69) is 29.0 Å². The van der Waals surface area contributed by atoms with E-state index >= 15 is 0 Å². The lowest BCUT2D eigenvalue weighted by atomic mass is 9.97. The van der Waals surface area contributed by atoms with Crippen molar-refractivity contribution in [2.75, 3.05) is 19.6 Å². The van der Waals surface area contributed by atoms with Crippen LogP contribution < -0.4 is 5.32 Å². The summed E-state index contributed by atoms with van der Waals surface area (Å²) in [7, 11) is 0. The molecule has 1 aliphatic carbocycles. The fourth-order valence-corrected chi connectivity index (χ4v) is 4.41. The maximum atomic E-state index is 13.0. The molecule has 114 valence electrons. The molecule has 4 nitrogen and oxygen atoms in total. The summed E-state index contributed by atoms with van der Waals surface area (Å²) < 4.78 is 0. The van der Waals surface area contributed by atoms with Crippen LogP contribution >= 0.6 is 0 Å². The van der Waals surface area contributed by atoms with E-state index in [-0.39, 0.29) is 11.7 Å². The molecule has 0 aromatic heterocycles. The molecule has 2 unspecified atom stereocenters. The number of hydrogen-bond donors (Lipinski definition) is 1. The molecule has 1 N–H and O–H groups in total. The predicted molar refractivity (Wildman–Crippen MR) is 80.4 cm³/mol. The van der Waals surface area contributed by atoms with E-state index in [1.807, 2.05) is 0 Å². The summed E-state index contributed by atoms with van der Waals surface area (Å²) in [6.07, 6.45) is 8.37. The third kappa shape index (κ3) is 2.37. The average molecular weight is 279 g/mol. The SMILES string of the molecule is CCC1NC2(CCCC2)C(=O)N1C(C)CN1CCCC1. The van der Waals surface area contributed by atoms with Crippen molar-refractivity contribution in [3.63, 3.8) is 0 Å². The Morgan fingerprint density at radius 1 is 1.25 bits per heavy atom. The normalized spacial score (nSPS) is 31.6. The minimum atomic E-state index is -0.208. The molecule has 4 heteroatoms. The number of nitrogens with zero attached hydrogens (tertiary/aromatic N) is 2. The maximum absolute atomic E-state index is 13.0. The van der Waals surface area contributed by atoms with Crippen molar-refractivity contribution in [1.29, 1.82) is 0 Å². The van der Waals surface area contributed by atoms with Crippen molar-refractivity contribution >= 4 is 5.91 Å². The Kier molecular flexibility index (Phi) is 4.04. The highest BCUT2D eigenvalue weighted by Crippen LogP contribution is 2.37. The van der Waals surface area contributed by atoms with Gasteiger partial charge in [-0.1, -0.05) is 19.8 Å². The fraction of sp³-hybridized carbons (Fsp3) is 0.938. The zero-order chi connectivity index (χ0) is 14.2. The van der Waals surface area contributed by atoms with E-state index < -0.39 is 0 Å². The molecule has 2 heterocycles. The van der Waals surface area contributed by atoms with Gasteiger partial charge in [-0.15, -0.1) is 0 Å². The number of amides is 1. The molecule has 2 saturated heterocycles. The first-order valence-electron chi connectivity index (χ1n) is 8.49. The minimum Gasteiger partial charge on any atom is -0.322 e. The molecule has 3 aliphatic rings. The number of nitrogens with one attached hydrogen (secondary N) is 1. The second-order valence-corrected chi connectivity index (χ2v) is 6.93. The minimum absolute atomic E-state index is 0.208. The lowest BCUT2D eigenvalue weighted by Gasteiger charge is -2.32. The Morgan fingerprint density at radius 2 is 1.90 bits per heavy atom. The molecule has 3 rings (SSSR count). The van der Waals surface area contributed by atoms with Gasteiger partial charge in [0, 0.05) is 12.6 Å². The van der Waals surface area contributed by atoms with Gasteiger partial charge < -0.3 is 9.80 Å². The van der Waals surface area contributed by atoms with Gasteiger partial charge in [0.15, 0.2) is 0 Å². The van der Waals surface area contributed by atoms with Crippen LogP contribution in [0.25, 0.3) is 0 Å². The number of rotatable bonds is 4. The van der Waals surface area contributed by atoms with E-state index in [9.17, 15) is 4.79 Å². The van der Waals surface area contributed by atoms with Crippen LogP contribution in [0.2, 0.25) is 0 Å². The van der Waals surface area contributed by atoms with Crippen molar-refractivity contribution in [2.24, 2.45) is 0 Å². The van der Waals surface area contributed by atoms with Gasteiger partial charge in [0.25, 0.3) is 0 Å². The predicted octanol–water partition coefficient (Wildman–Crippen LogP) is 1.95. The highest BCUT2D eigenvalue weighted by molar-refractivity contribution is 5.89. The highest BCUT2D eigenvalue weighted by Gasteiger charge is 2.52. The molecule has 20 heavy (non-hydrogen) atoms. The molecule has 1 spiro atoms. The number of likely N-dealkylation sites (tertiary alicyclic amines) is 1. The van der Waals surface area contributed by atoms with E-state index in [4.69, 9.17) is 0 Å². The Morgan fingerprint density at radius 3 is 2.50 bits per heavy atom. The van der Waals surface area contributed by atoms with Gasteiger partial charge in [-0.3, -0.25) is 10.1 Å². The molecule has 3 fully saturated rings. The monoisotopic (exact) mass is 279 g/mol. The average Bonchev–Trinajstić information content (AvgIpc) is 3.14. The quantitative estimate of drug-likeness (QED) is 0.854. The molecule has 0 radical (unpaired) electrons. The maximum Gasteiger partial charge on any atom is 0.244 e. The molecule has 0 aromatic rings. The van der Waals surface area contributed by atoms with Crippen LogP contribution in [0, 0.1) is 0 Å². The van der Waals surface area contributed by atoms with Crippen LogP contribution in [0.5, 0.6) is 0 Å². The van der Waals surface area contributed by atoms with Gasteiger partial charge in [0.1, 0.15) is 0 Å². The first-order valence-corrected chi connectivity index (χ1v) is 8.49. The van der Waals surface area contributed by atoms with Gasteiger partial charge in [0.05, 0.1) is 11.7 Å². The van der Waals surface area contributed by atoms with Crippen LogP contribution in [0.15, 0.2) is 0 Å². The molecule has 1 amide bonds. The summed E-state index contributed by atoms with van der Waals surface area (Å²) in [5.41, 5.74) is -0.208. The molecule has 0 bridgehead atoms. The van der Waals surface area contributed by atoms with Crippen LogP contribution in [-0.2, 0) is 4.79 Å². The zero-order valence-corrected chi connectivity index (χ0v) is 13.0. The van der Waals surface area contributed by atoms with Crippen molar-refractivity contribution < 1.29 is 4.79 Å². The largest absolute Gasteiger partial charge is 0.322 e. The third-order valence-electron chi connectivity index (χ3n) is 5.46. The number of carbonyl (C=O) groups excluding carboxylic acids is 1. The first kappa shape index (κ1) is 14.3. The Hall–Kier alpha value is -0.610. The van der Waals surface area contributed by atoms with E-state index in [1.54, 1.807) is 0 Å². The van der Waals surface area contributed by atoms with Gasteiger partial charge in [-0.2, -0.15) is 0 Å². The highest BCUT2D eigenvalue weighted by atomic mass is 16.2. The Bertz CT molecular complexity index is 359. The van der Waals surface area contributed by atoms with Crippen molar-refractivity contribution in [3.8, 4) is 0 Å². The Balaban J connectivity index is 1.71. The summed E-state index contributed by atoms with van der Waals surface area (Å²) in [6.45, 7) is 7.88. The summed E-state index contributed by atoms with van der Waals surface area (Å²) in [6, 6.07) is 0.332. The second-order valence-electron chi connectivity index (χ2n) is 6.93. The second kappa shape index (κ2) is 5.64. The van der Waals surface area contributed by atoms with Gasteiger partial charge in [-0.05, 0) is 52.1 Å². The van der Waals surface area contributed by atoms with Gasteiger partial charge in [-0.25, -0.2) is 0 Å². The van der Waals surface area contributed by atoms with E-state index in [0.717, 1.165) is 25.8 Å². The van der Waals surface area contributed by atoms with Crippen molar-refractivity contribution in [3.05, 3.63) is 0 Å². The summed E-state index contributed by atoms with van der Waals surface area (Å²) in [5.74, 6) is 0.383. The summed E-state index contributed by atoms with van der Waals surface area (Å²) in [5, 5.41) is 3.68. The van der Waals surface area contributed by atoms with E-state index in [1.165, 1.54) is 38.8 Å². The zero-order valence-electron chi connectivity index (χ0n) is 13.0. The van der Waals surface area contributed by atoms with E-state index in [0.29, 0.717) is 11.9 Å². The van der Waals surface area contributed by atoms with Gasteiger partial charge >= 0.3 is 0 Å². The third-order valence-corrected chi connectivity index (χ3v) is 5.46. The molecule has 2 atom stereocenters. The molecular formula is C16H29N3O. The standard InChI is InChI=1S/C16H29N3O/c1-3-14-17-16(8-4-5-9-16)15(20)19(14)13(2)12-18-10-6-7-11-18/h13-14,17H,3-12H2,1-2H3. The molecule has 0 aromatic carbocycles. The topological polar surface area (TPSA) is 35.6 Å². The van der Waals surface area contributed by atoms with Gasteiger partial charge in [0.2, 0.25) is 5.91 Å². The molecule has 2 aliphatic heterocycles. The fourth-order valence-electron chi connectivity index (χ4n) is 4.41. The smallest absolute Gasteiger partial charge is 0.244 e. The molecule has 1 saturated carbocycles. The van der Waals surface area contributed by atoms with Crippen LogP contribution in [0.3, 0.4) is 0 Å².